The van der Waals surface area contributed by atoms with Crippen LogP contribution < -0.4 is 0 Å². The van der Waals surface area contributed by atoms with Gasteiger partial charge < -0.3 is 0 Å². The quantitative estimate of drug-likeness (QED) is 0.370. The molecule has 4 aliphatic rings. The zero-order valence-electron chi connectivity index (χ0n) is 13.5. The fraction of sp³-hybridized carbons (Fsp3) is 1.00. The van der Waals surface area contributed by atoms with Crippen LogP contribution in [-0.4, -0.2) is 17.5 Å². The Morgan fingerprint density at radius 1 is 0.800 bits per heavy atom. The number of hydrogen-bond donors (Lipinski definition) is 0. The molecule has 20 heavy (non-hydrogen) atoms. The van der Waals surface area contributed by atoms with Gasteiger partial charge in [0.15, 0.2) is 0 Å². The van der Waals surface area contributed by atoms with Crippen molar-refractivity contribution in [1.82, 2.24) is 0 Å². The summed E-state index contributed by atoms with van der Waals surface area (Å²) in [5, 5.41) is 0.883. The standard InChI is InChI=1S/C18H33P.Pd/c1-3-5-7-19(8-6-4-2)18-12-15-9-16(13-18)11-17(10-15)14-18;/h15-17H,3-14H2,1-2H3;/q;+2. The average molecular weight is 387 g/mol. The van der Waals surface area contributed by atoms with E-state index in [2.05, 4.69) is 13.8 Å². The second-order valence-electron chi connectivity index (χ2n) is 7.84. The molecule has 0 atom stereocenters. The Kier molecular flexibility index (Phi) is 6.61. The summed E-state index contributed by atoms with van der Waals surface area (Å²) < 4.78 is 0. The normalized spacial score (nSPS) is 38.2. The minimum absolute atomic E-state index is 0. The molecule has 4 rings (SSSR count). The third-order valence-electron chi connectivity index (χ3n) is 6.24. The Hall–Kier alpha value is 1.09. The number of hydrogen-bond acceptors (Lipinski definition) is 0. The molecule has 2 heteroatoms. The van der Waals surface area contributed by atoms with Crippen LogP contribution in [0.1, 0.15) is 78.1 Å². The van der Waals surface area contributed by atoms with Crippen molar-refractivity contribution in [1.29, 1.82) is 0 Å². The molecule has 0 heterocycles. The molecule has 4 bridgehead atoms. The third-order valence-corrected chi connectivity index (χ3v) is 9.84. The Morgan fingerprint density at radius 3 is 1.55 bits per heavy atom. The zero-order valence-corrected chi connectivity index (χ0v) is 15.9. The van der Waals surface area contributed by atoms with Crippen LogP contribution in [0.5, 0.6) is 0 Å². The van der Waals surface area contributed by atoms with Crippen LogP contribution in [0.2, 0.25) is 0 Å². The molecule has 0 spiro atoms. The molecular weight excluding hydrogens is 354 g/mol. The first-order valence-corrected chi connectivity index (χ1v) is 10.7. The Labute approximate surface area is 141 Å². The molecule has 0 N–H and O–H groups in total. The minimum Gasteiger partial charge on any atom is -0.100 e. The summed E-state index contributed by atoms with van der Waals surface area (Å²) in [5.41, 5.74) is 0. The first-order chi connectivity index (χ1) is 9.25. The fourth-order valence-electron chi connectivity index (χ4n) is 5.74. The number of unbranched alkanes of at least 4 members (excludes halogenated alkanes) is 2. The van der Waals surface area contributed by atoms with E-state index < -0.39 is 0 Å². The van der Waals surface area contributed by atoms with Gasteiger partial charge in [-0.3, -0.25) is 0 Å². The van der Waals surface area contributed by atoms with E-state index in [9.17, 15) is 0 Å². The first kappa shape index (κ1) is 17.4. The van der Waals surface area contributed by atoms with E-state index in [1.165, 1.54) is 25.7 Å². The maximum atomic E-state index is 2.38. The van der Waals surface area contributed by atoms with Crippen LogP contribution in [0.4, 0.5) is 0 Å². The third kappa shape index (κ3) is 3.53. The van der Waals surface area contributed by atoms with Crippen LogP contribution in [0, 0.1) is 17.8 Å². The van der Waals surface area contributed by atoms with E-state index in [1.54, 1.807) is 50.8 Å². The second-order valence-corrected chi connectivity index (χ2v) is 10.8. The van der Waals surface area contributed by atoms with Gasteiger partial charge in [0.05, 0.1) is 0 Å². The van der Waals surface area contributed by atoms with Gasteiger partial charge in [0.2, 0.25) is 0 Å². The molecule has 4 saturated carbocycles. The van der Waals surface area contributed by atoms with E-state index in [1.807, 2.05) is 0 Å². The molecule has 0 radical (unpaired) electrons. The maximum Gasteiger partial charge on any atom is 2.00 e. The molecule has 0 aliphatic heterocycles. The van der Waals surface area contributed by atoms with Crippen molar-refractivity contribution in [3.63, 3.8) is 0 Å². The summed E-state index contributed by atoms with van der Waals surface area (Å²) in [4.78, 5) is 0. The van der Waals surface area contributed by atoms with Gasteiger partial charge in [0.1, 0.15) is 0 Å². The predicted octanol–water partition coefficient (Wildman–Crippen LogP) is 6.03. The van der Waals surface area contributed by atoms with Gasteiger partial charge in [-0.15, -0.1) is 7.92 Å². The predicted molar refractivity (Wildman–Crippen MR) is 87.4 cm³/mol. The van der Waals surface area contributed by atoms with Crippen molar-refractivity contribution in [2.45, 2.75) is 83.2 Å². The van der Waals surface area contributed by atoms with Crippen LogP contribution in [-0.2, 0) is 20.4 Å². The van der Waals surface area contributed by atoms with Crippen molar-refractivity contribution in [3.8, 4) is 0 Å². The molecule has 0 nitrogen and oxygen atoms in total. The summed E-state index contributed by atoms with van der Waals surface area (Å²) >= 11 is 0. The molecule has 4 fully saturated rings. The topological polar surface area (TPSA) is 0 Å². The van der Waals surface area contributed by atoms with Gasteiger partial charge in [-0.1, -0.05) is 26.7 Å². The molecule has 0 aromatic rings. The molecule has 0 aromatic carbocycles. The van der Waals surface area contributed by atoms with Crippen molar-refractivity contribution < 1.29 is 20.4 Å². The van der Waals surface area contributed by atoms with Gasteiger partial charge in [-0.05, 0) is 86.6 Å². The monoisotopic (exact) mass is 386 g/mol. The van der Waals surface area contributed by atoms with Gasteiger partial charge in [0, 0.05) is 0 Å². The van der Waals surface area contributed by atoms with Crippen LogP contribution >= 0.6 is 7.92 Å². The smallest absolute Gasteiger partial charge is 0.100 e. The van der Waals surface area contributed by atoms with Crippen molar-refractivity contribution in [2.75, 3.05) is 12.3 Å². The molecule has 0 saturated heterocycles. The Morgan fingerprint density at radius 2 is 1.20 bits per heavy atom. The Balaban J connectivity index is 0.00000147. The van der Waals surface area contributed by atoms with Crippen molar-refractivity contribution >= 4 is 7.92 Å². The summed E-state index contributed by atoms with van der Waals surface area (Å²) in [7, 11) is 0.353. The summed E-state index contributed by atoms with van der Waals surface area (Å²) in [6, 6.07) is 0. The Bertz CT molecular complexity index is 259. The summed E-state index contributed by atoms with van der Waals surface area (Å²) in [6.45, 7) is 4.76. The van der Waals surface area contributed by atoms with Crippen LogP contribution in [0.3, 0.4) is 0 Å². The molecule has 0 amide bonds. The maximum absolute atomic E-state index is 2.38. The van der Waals surface area contributed by atoms with Gasteiger partial charge in [-0.25, -0.2) is 0 Å². The minimum atomic E-state index is 0. The molecule has 4 aliphatic carbocycles. The molecule has 118 valence electrons. The van der Waals surface area contributed by atoms with E-state index in [4.69, 9.17) is 0 Å². The zero-order chi connectivity index (χ0) is 13.3. The molecule has 0 unspecified atom stereocenters. The van der Waals surface area contributed by atoms with Crippen molar-refractivity contribution in [2.24, 2.45) is 17.8 Å². The van der Waals surface area contributed by atoms with E-state index in [-0.39, 0.29) is 20.4 Å². The van der Waals surface area contributed by atoms with E-state index in [0.717, 1.165) is 22.9 Å². The van der Waals surface area contributed by atoms with Crippen molar-refractivity contribution in [3.05, 3.63) is 0 Å². The first-order valence-electron chi connectivity index (χ1n) is 9.01. The van der Waals surface area contributed by atoms with Crippen LogP contribution in [0.15, 0.2) is 0 Å². The van der Waals surface area contributed by atoms with E-state index >= 15 is 0 Å². The van der Waals surface area contributed by atoms with Crippen LogP contribution in [0.25, 0.3) is 0 Å². The molecular formula is C18H33PPd+2. The summed E-state index contributed by atoms with van der Waals surface area (Å²) in [5.74, 6) is 3.46. The molecule has 0 aromatic heterocycles. The summed E-state index contributed by atoms with van der Waals surface area (Å²) in [6.07, 6.45) is 18.9. The largest absolute Gasteiger partial charge is 2.00 e. The second kappa shape index (κ2) is 7.58. The van der Waals surface area contributed by atoms with Gasteiger partial charge in [0.25, 0.3) is 0 Å². The SMILES string of the molecule is CCCCP(CCCC)C12CC3CC(CC(C3)C1)C2.[Pd+2]. The van der Waals surface area contributed by atoms with Gasteiger partial charge >= 0.3 is 20.4 Å². The number of rotatable bonds is 7. The van der Waals surface area contributed by atoms with E-state index in [0.29, 0.717) is 7.92 Å². The average Bonchev–Trinajstić information content (AvgIpc) is 2.37. The van der Waals surface area contributed by atoms with Gasteiger partial charge in [-0.2, -0.15) is 0 Å². The fourth-order valence-corrected chi connectivity index (χ4v) is 9.85.